The molecule has 3 aromatic heterocycles. The quantitative estimate of drug-likeness (QED) is 0.468. The highest BCUT2D eigenvalue weighted by molar-refractivity contribution is 6.04. The Bertz CT molecular complexity index is 1430. The molecular formula is C22H18F2N6O4. The number of carbonyl (C=O) groups is 2. The van der Waals surface area contributed by atoms with Crippen LogP contribution in [0.15, 0.2) is 41.2 Å². The number of likely N-dealkylation sites (tertiary alicyclic amines) is 1. The van der Waals surface area contributed by atoms with Crippen LogP contribution in [0.5, 0.6) is 0 Å². The molecule has 2 N–H and O–H groups in total. The van der Waals surface area contributed by atoms with Crippen molar-refractivity contribution in [3.05, 3.63) is 65.4 Å². The van der Waals surface area contributed by atoms with Crippen molar-refractivity contribution in [1.29, 1.82) is 0 Å². The van der Waals surface area contributed by atoms with Gasteiger partial charge in [-0.3, -0.25) is 9.20 Å². The van der Waals surface area contributed by atoms with Gasteiger partial charge in [-0.2, -0.15) is 4.98 Å². The fraction of sp³-hybridized carbons (Fsp3) is 0.227. The lowest BCUT2D eigenvalue weighted by Crippen LogP contribution is -2.26. The molecule has 0 radical (unpaired) electrons. The van der Waals surface area contributed by atoms with E-state index in [9.17, 15) is 14.0 Å². The molecule has 2 amide bonds. The van der Waals surface area contributed by atoms with Crippen molar-refractivity contribution in [3.63, 3.8) is 0 Å². The molecule has 0 bridgehead atoms. The van der Waals surface area contributed by atoms with Gasteiger partial charge >= 0.3 is 6.09 Å². The third kappa shape index (κ3) is 3.62. The van der Waals surface area contributed by atoms with Crippen molar-refractivity contribution < 1.29 is 28.0 Å². The summed E-state index contributed by atoms with van der Waals surface area (Å²) in [5.41, 5.74) is -0.0708. The first-order valence-electron chi connectivity index (χ1n) is 10.4. The van der Waals surface area contributed by atoms with Crippen LogP contribution in [-0.2, 0) is 0 Å². The third-order valence-electron chi connectivity index (χ3n) is 5.84. The summed E-state index contributed by atoms with van der Waals surface area (Å²) in [7, 11) is 0. The number of hydrogen-bond donors (Lipinski definition) is 2. The number of benzene rings is 1. The van der Waals surface area contributed by atoms with Crippen LogP contribution in [0, 0.1) is 18.6 Å². The summed E-state index contributed by atoms with van der Waals surface area (Å²) in [6.07, 6.45) is 2.39. The van der Waals surface area contributed by atoms with E-state index in [2.05, 4.69) is 20.4 Å². The summed E-state index contributed by atoms with van der Waals surface area (Å²) in [5, 5.41) is 15.3. The first-order chi connectivity index (χ1) is 16.3. The van der Waals surface area contributed by atoms with Gasteiger partial charge in [-0.25, -0.2) is 18.6 Å². The predicted octanol–water partition coefficient (Wildman–Crippen LogP) is 3.69. The van der Waals surface area contributed by atoms with Gasteiger partial charge in [-0.15, -0.1) is 0 Å². The van der Waals surface area contributed by atoms with Crippen LogP contribution in [0.3, 0.4) is 0 Å². The first-order valence-corrected chi connectivity index (χ1v) is 10.4. The summed E-state index contributed by atoms with van der Waals surface area (Å²) >= 11 is 0. The summed E-state index contributed by atoms with van der Waals surface area (Å²) in [4.78, 5) is 33.5. The number of carbonyl (C=O) groups excluding carboxylic acids is 1. The van der Waals surface area contributed by atoms with Crippen LogP contribution in [0.4, 0.5) is 19.3 Å². The van der Waals surface area contributed by atoms with Gasteiger partial charge in [0, 0.05) is 24.8 Å². The van der Waals surface area contributed by atoms with Crippen LogP contribution in [0.2, 0.25) is 0 Å². The smallest absolute Gasteiger partial charge is 0.407 e. The molecular weight excluding hydrogens is 450 g/mol. The Labute approximate surface area is 190 Å². The van der Waals surface area contributed by atoms with Crippen molar-refractivity contribution in [2.45, 2.75) is 19.3 Å². The molecule has 10 nitrogen and oxygen atoms in total. The van der Waals surface area contributed by atoms with E-state index in [1.54, 1.807) is 24.4 Å². The number of nitrogens with one attached hydrogen (secondary N) is 1. The number of halogens is 2. The van der Waals surface area contributed by atoms with Crippen molar-refractivity contribution in [2.75, 3.05) is 18.4 Å². The molecule has 1 fully saturated rings. The Morgan fingerprint density at radius 1 is 1.29 bits per heavy atom. The Kier molecular flexibility index (Phi) is 5.19. The third-order valence-corrected chi connectivity index (χ3v) is 5.84. The minimum absolute atomic E-state index is 0.0972. The summed E-state index contributed by atoms with van der Waals surface area (Å²) < 4.78 is 36.9. The molecule has 12 heteroatoms. The Hall–Kier alpha value is -4.35. The molecule has 0 saturated carbocycles. The molecule has 1 aliphatic rings. The summed E-state index contributed by atoms with van der Waals surface area (Å²) in [6.45, 7) is 1.82. The second-order valence-corrected chi connectivity index (χ2v) is 7.92. The zero-order chi connectivity index (χ0) is 24.0. The van der Waals surface area contributed by atoms with Crippen molar-refractivity contribution >= 4 is 23.3 Å². The number of nitrogens with zero attached hydrogens (tertiary/aromatic N) is 5. The number of anilines is 1. The van der Waals surface area contributed by atoms with Gasteiger partial charge in [0.2, 0.25) is 11.7 Å². The van der Waals surface area contributed by atoms with Crippen molar-refractivity contribution in [1.82, 2.24) is 24.4 Å². The van der Waals surface area contributed by atoms with Crippen LogP contribution >= 0.6 is 0 Å². The van der Waals surface area contributed by atoms with E-state index < -0.39 is 23.6 Å². The molecule has 0 unspecified atom stereocenters. The number of rotatable bonds is 4. The minimum atomic E-state index is -1.06. The largest absolute Gasteiger partial charge is 0.465 e. The lowest BCUT2D eigenvalue weighted by atomic mass is 10.1. The van der Waals surface area contributed by atoms with Gasteiger partial charge in [0.15, 0.2) is 5.82 Å². The molecule has 1 aliphatic heterocycles. The lowest BCUT2D eigenvalue weighted by Gasteiger charge is -2.12. The van der Waals surface area contributed by atoms with Gasteiger partial charge in [-0.1, -0.05) is 11.2 Å². The van der Waals surface area contributed by atoms with Crippen molar-refractivity contribution in [2.24, 2.45) is 0 Å². The van der Waals surface area contributed by atoms with Crippen LogP contribution in [-0.4, -0.2) is 54.6 Å². The Morgan fingerprint density at radius 2 is 2.12 bits per heavy atom. The predicted molar refractivity (Wildman–Crippen MR) is 114 cm³/mol. The average molecular weight is 468 g/mol. The topological polar surface area (TPSA) is 126 Å². The van der Waals surface area contributed by atoms with Gasteiger partial charge < -0.3 is 19.8 Å². The van der Waals surface area contributed by atoms with E-state index in [-0.39, 0.29) is 46.7 Å². The van der Waals surface area contributed by atoms with E-state index in [0.717, 1.165) is 6.07 Å². The fourth-order valence-electron chi connectivity index (χ4n) is 3.95. The molecule has 1 aromatic carbocycles. The van der Waals surface area contributed by atoms with E-state index in [0.29, 0.717) is 18.6 Å². The fourth-order valence-corrected chi connectivity index (χ4v) is 3.95. The van der Waals surface area contributed by atoms with Gasteiger partial charge in [-0.05, 0) is 31.5 Å². The molecule has 0 spiro atoms. The van der Waals surface area contributed by atoms with E-state index in [1.807, 2.05) is 0 Å². The zero-order valence-corrected chi connectivity index (χ0v) is 17.8. The van der Waals surface area contributed by atoms with E-state index in [1.165, 1.54) is 22.4 Å². The number of hydrogen-bond acceptors (Lipinski definition) is 6. The SMILES string of the molecule is Cc1c(F)cc(-c2noc([C@@H]3CCN(C(=O)O)C3)n2)c(F)c1NC(=O)c1cnc2ccccn12. The summed E-state index contributed by atoms with van der Waals surface area (Å²) in [5.74, 6) is -2.78. The Morgan fingerprint density at radius 3 is 2.88 bits per heavy atom. The maximum absolute atomic E-state index is 15.5. The van der Waals surface area contributed by atoms with Crippen LogP contribution in [0.1, 0.15) is 34.3 Å². The maximum Gasteiger partial charge on any atom is 0.407 e. The second-order valence-electron chi connectivity index (χ2n) is 7.92. The maximum atomic E-state index is 15.5. The van der Waals surface area contributed by atoms with E-state index >= 15 is 4.39 Å². The number of imidazole rings is 1. The molecule has 5 rings (SSSR count). The van der Waals surface area contributed by atoms with Crippen molar-refractivity contribution in [3.8, 4) is 11.4 Å². The molecule has 0 aliphatic carbocycles. The standard InChI is InChI=1S/C22H18F2N6O4/c1-11-14(23)8-13(19-27-21(34-28-19)12-5-7-29(10-12)22(32)33)17(24)18(11)26-20(31)15-9-25-16-4-2-3-6-30(15)16/h2-4,6,8-9,12H,5,7,10H2,1H3,(H,26,31)(H,32,33)/t12-/m1/s1. The number of pyridine rings is 1. The summed E-state index contributed by atoms with van der Waals surface area (Å²) in [6, 6.07) is 6.11. The Balaban J connectivity index is 1.46. The highest BCUT2D eigenvalue weighted by atomic mass is 19.1. The monoisotopic (exact) mass is 468 g/mol. The first kappa shape index (κ1) is 21.5. The average Bonchev–Trinajstić information content (AvgIpc) is 3.57. The minimum Gasteiger partial charge on any atom is -0.465 e. The molecule has 1 saturated heterocycles. The number of amides is 2. The number of aromatic nitrogens is 4. The van der Waals surface area contributed by atoms with Crippen LogP contribution < -0.4 is 5.32 Å². The number of fused-ring (bicyclic) bond motifs is 1. The highest BCUT2D eigenvalue weighted by Crippen LogP contribution is 2.33. The lowest BCUT2D eigenvalue weighted by molar-refractivity contribution is 0.102. The normalized spacial score (nSPS) is 15.7. The molecule has 174 valence electrons. The van der Waals surface area contributed by atoms with Gasteiger partial charge in [0.25, 0.3) is 5.91 Å². The number of carboxylic acid groups (broad SMARTS) is 1. The zero-order valence-electron chi connectivity index (χ0n) is 17.8. The molecule has 4 aromatic rings. The van der Waals surface area contributed by atoms with E-state index in [4.69, 9.17) is 9.63 Å². The molecule has 34 heavy (non-hydrogen) atoms. The van der Waals surface area contributed by atoms with Gasteiger partial charge in [0.1, 0.15) is 17.2 Å². The van der Waals surface area contributed by atoms with Gasteiger partial charge in [0.05, 0.1) is 23.4 Å². The molecule has 4 heterocycles. The highest BCUT2D eigenvalue weighted by Gasteiger charge is 2.32. The second kappa shape index (κ2) is 8.21. The molecule has 1 atom stereocenters. The van der Waals surface area contributed by atoms with Crippen LogP contribution in [0.25, 0.3) is 17.0 Å².